The van der Waals surface area contributed by atoms with Crippen LogP contribution in [0.5, 0.6) is 0 Å². The lowest BCUT2D eigenvalue weighted by molar-refractivity contribution is 0.0697. The van der Waals surface area contributed by atoms with Crippen molar-refractivity contribution in [2.45, 2.75) is 19.4 Å². The zero-order valence-electron chi connectivity index (χ0n) is 9.71. The van der Waals surface area contributed by atoms with Crippen molar-refractivity contribution < 1.29 is 9.90 Å². The number of benzene rings is 1. The summed E-state index contributed by atoms with van der Waals surface area (Å²) in [4.78, 5) is 10.8. The number of carboxylic acid groups (broad SMARTS) is 1. The molecule has 1 heterocycles. The molecule has 2 rings (SSSR count). The van der Waals surface area contributed by atoms with E-state index in [9.17, 15) is 4.79 Å². The smallest absolute Gasteiger partial charge is 0.337 e. The van der Waals surface area contributed by atoms with Crippen LogP contribution in [0.25, 0.3) is 0 Å². The highest BCUT2D eigenvalue weighted by molar-refractivity contribution is 5.87. The molecule has 0 saturated carbocycles. The molecule has 3 heteroatoms. The van der Waals surface area contributed by atoms with Crippen molar-refractivity contribution in [2.75, 3.05) is 0 Å². The van der Waals surface area contributed by atoms with Crippen molar-refractivity contribution in [3.8, 4) is 0 Å². The van der Waals surface area contributed by atoms with Gasteiger partial charge in [0, 0.05) is 18.9 Å². The molecule has 0 saturated heterocycles. The van der Waals surface area contributed by atoms with Crippen LogP contribution in [0, 0.1) is 0 Å². The fraction of sp³-hybridized carbons (Fsp3) is 0.214. The molecule has 0 amide bonds. The van der Waals surface area contributed by atoms with E-state index in [-0.39, 0.29) is 0 Å². The third kappa shape index (κ3) is 2.75. The number of aromatic carboxylic acids is 1. The van der Waals surface area contributed by atoms with Crippen molar-refractivity contribution in [1.82, 2.24) is 4.57 Å². The van der Waals surface area contributed by atoms with Gasteiger partial charge in [-0.25, -0.2) is 4.79 Å². The Morgan fingerprint density at radius 1 is 1.29 bits per heavy atom. The lowest BCUT2D eigenvalue weighted by atomic mass is 10.0. The summed E-state index contributed by atoms with van der Waals surface area (Å²) in [5.41, 5.74) is 1.60. The standard InChI is InChI=1S/C14H15NO2/c1-11(12-5-3-2-4-6-12)9-15-8-7-13(10-15)14(16)17/h2-8,10-11H,9H2,1H3,(H,16,17)/t11-/m1/s1. The molecule has 0 spiro atoms. The first-order valence-corrected chi connectivity index (χ1v) is 5.61. The van der Waals surface area contributed by atoms with E-state index in [1.165, 1.54) is 5.56 Å². The molecule has 0 unspecified atom stereocenters. The van der Waals surface area contributed by atoms with E-state index in [1.807, 2.05) is 29.0 Å². The van der Waals surface area contributed by atoms with Gasteiger partial charge < -0.3 is 9.67 Å². The monoisotopic (exact) mass is 229 g/mol. The van der Waals surface area contributed by atoms with Gasteiger partial charge in [-0.05, 0) is 17.5 Å². The molecule has 2 aromatic rings. The topological polar surface area (TPSA) is 42.2 Å². The minimum absolute atomic E-state index is 0.338. The molecule has 0 bridgehead atoms. The van der Waals surface area contributed by atoms with E-state index in [0.29, 0.717) is 11.5 Å². The van der Waals surface area contributed by atoms with Crippen molar-refractivity contribution in [1.29, 1.82) is 0 Å². The van der Waals surface area contributed by atoms with Gasteiger partial charge in [-0.1, -0.05) is 37.3 Å². The van der Waals surface area contributed by atoms with E-state index >= 15 is 0 Å². The van der Waals surface area contributed by atoms with E-state index in [2.05, 4.69) is 19.1 Å². The maximum Gasteiger partial charge on any atom is 0.337 e. The van der Waals surface area contributed by atoms with E-state index in [4.69, 9.17) is 5.11 Å². The third-order valence-electron chi connectivity index (χ3n) is 2.85. The van der Waals surface area contributed by atoms with E-state index < -0.39 is 5.97 Å². The summed E-state index contributed by atoms with van der Waals surface area (Å²) in [6, 6.07) is 11.8. The molecule has 0 aliphatic heterocycles. The maximum absolute atomic E-state index is 10.8. The first kappa shape index (κ1) is 11.5. The molecule has 0 aliphatic rings. The SMILES string of the molecule is C[C@H](Cn1ccc(C(=O)O)c1)c1ccccc1. The lowest BCUT2D eigenvalue weighted by Crippen LogP contribution is -2.04. The molecule has 1 aromatic carbocycles. The first-order chi connectivity index (χ1) is 8.16. The fourth-order valence-corrected chi connectivity index (χ4v) is 1.88. The second-order valence-electron chi connectivity index (χ2n) is 4.21. The Labute approximate surface area is 100 Å². The highest BCUT2D eigenvalue weighted by atomic mass is 16.4. The van der Waals surface area contributed by atoms with Crippen LogP contribution >= 0.6 is 0 Å². The molecular weight excluding hydrogens is 214 g/mol. The Kier molecular flexibility index (Phi) is 3.28. The van der Waals surface area contributed by atoms with Gasteiger partial charge in [0.25, 0.3) is 0 Å². The van der Waals surface area contributed by atoms with Crippen LogP contribution in [0.15, 0.2) is 48.8 Å². The number of carbonyl (C=O) groups is 1. The normalized spacial score (nSPS) is 12.3. The average molecular weight is 229 g/mol. The molecule has 3 nitrogen and oxygen atoms in total. The van der Waals surface area contributed by atoms with E-state index in [0.717, 1.165) is 6.54 Å². The fourth-order valence-electron chi connectivity index (χ4n) is 1.88. The second-order valence-corrected chi connectivity index (χ2v) is 4.21. The number of carboxylic acids is 1. The van der Waals surface area contributed by atoms with Crippen LogP contribution in [0.1, 0.15) is 28.8 Å². The Morgan fingerprint density at radius 3 is 2.59 bits per heavy atom. The van der Waals surface area contributed by atoms with Crippen molar-refractivity contribution >= 4 is 5.97 Å². The van der Waals surface area contributed by atoms with Gasteiger partial charge in [-0.3, -0.25) is 0 Å². The number of rotatable bonds is 4. The number of nitrogens with zero attached hydrogens (tertiary/aromatic N) is 1. The van der Waals surface area contributed by atoms with Crippen LogP contribution in [-0.2, 0) is 6.54 Å². The van der Waals surface area contributed by atoms with E-state index in [1.54, 1.807) is 12.3 Å². The minimum atomic E-state index is -0.879. The molecular formula is C14H15NO2. The highest BCUT2D eigenvalue weighted by Gasteiger charge is 2.08. The molecule has 1 atom stereocenters. The van der Waals surface area contributed by atoms with Crippen LogP contribution in [0.3, 0.4) is 0 Å². The Bertz CT molecular complexity index is 502. The van der Waals surface area contributed by atoms with Gasteiger partial charge in [-0.15, -0.1) is 0 Å². The second kappa shape index (κ2) is 4.87. The summed E-state index contributed by atoms with van der Waals surface area (Å²) >= 11 is 0. The van der Waals surface area contributed by atoms with Crippen LogP contribution in [-0.4, -0.2) is 15.6 Å². The Hall–Kier alpha value is -2.03. The number of hydrogen-bond acceptors (Lipinski definition) is 1. The van der Waals surface area contributed by atoms with Crippen molar-refractivity contribution in [3.05, 3.63) is 59.9 Å². The van der Waals surface area contributed by atoms with Gasteiger partial charge in [0.15, 0.2) is 0 Å². The number of hydrogen-bond donors (Lipinski definition) is 1. The van der Waals surface area contributed by atoms with Crippen molar-refractivity contribution in [2.24, 2.45) is 0 Å². The van der Waals surface area contributed by atoms with Gasteiger partial charge in [-0.2, -0.15) is 0 Å². The van der Waals surface area contributed by atoms with Crippen molar-refractivity contribution in [3.63, 3.8) is 0 Å². The summed E-state index contributed by atoms with van der Waals surface area (Å²) in [5, 5.41) is 8.84. The predicted molar refractivity (Wildman–Crippen MR) is 66.2 cm³/mol. The third-order valence-corrected chi connectivity index (χ3v) is 2.85. The molecule has 17 heavy (non-hydrogen) atoms. The quantitative estimate of drug-likeness (QED) is 0.875. The molecule has 1 aromatic heterocycles. The molecule has 0 aliphatic carbocycles. The van der Waals surface area contributed by atoms with Gasteiger partial charge in [0.05, 0.1) is 5.56 Å². The largest absolute Gasteiger partial charge is 0.478 e. The predicted octanol–water partition coefficient (Wildman–Crippen LogP) is 2.99. The minimum Gasteiger partial charge on any atom is -0.478 e. The number of aromatic nitrogens is 1. The van der Waals surface area contributed by atoms with Gasteiger partial charge in [0.1, 0.15) is 0 Å². The molecule has 0 radical (unpaired) electrons. The maximum atomic E-state index is 10.8. The van der Waals surface area contributed by atoms with Crippen LogP contribution < -0.4 is 0 Å². The summed E-state index contributed by atoms with van der Waals surface area (Å²) in [6.07, 6.45) is 3.48. The van der Waals surface area contributed by atoms with Crippen LogP contribution in [0.2, 0.25) is 0 Å². The van der Waals surface area contributed by atoms with Gasteiger partial charge in [0.2, 0.25) is 0 Å². The molecule has 88 valence electrons. The summed E-state index contributed by atoms with van der Waals surface area (Å²) < 4.78 is 1.92. The zero-order chi connectivity index (χ0) is 12.3. The van der Waals surface area contributed by atoms with Gasteiger partial charge >= 0.3 is 5.97 Å². The average Bonchev–Trinajstić information content (AvgIpc) is 2.79. The lowest BCUT2D eigenvalue weighted by Gasteiger charge is -2.12. The summed E-state index contributed by atoms with van der Waals surface area (Å²) in [6.45, 7) is 2.92. The summed E-state index contributed by atoms with van der Waals surface area (Å²) in [5.74, 6) is -0.513. The van der Waals surface area contributed by atoms with Crippen LogP contribution in [0.4, 0.5) is 0 Å². The zero-order valence-corrected chi connectivity index (χ0v) is 9.71. The summed E-state index contributed by atoms with van der Waals surface area (Å²) in [7, 11) is 0. The Morgan fingerprint density at radius 2 is 2.00 bits per heavy atom. The molecule has 1 N–H and O–H groups in total. The first-order valence-electron chi connectivity index (χ1n) is 5.61. The highest BCUT2D eigenvalue weighted by Crippen LogP contribution is 2.17. The molecule has 0 fully saturated rings. The Balaban J connectivity index is 2.08.